The lowest BCUT2D eigenvalue weighted by atomic mass is 9.95. The fourth-order valence-electron chi connectivity index (χ4n) is 4.27. The van der Waals surface area contributed by atoms with Crippen molar-refractivity contribution in [1.82, 2.24) is 4.57 Å². The Bertz CT molecular complexity index is 1650. The molecule has 8 heteroatoms. The first-order valence-corrected chi connectivity index (χ1v) is 13.7. The maximum absolute atomic E-state index is 13.8. The van der Waals surface area contributed by atoms with E-state index in [2.05, 4.69) is 27.9 Å². The first-order valence-electron chi connectivity index (χ1n) is 11.8. The zero-order valence-corrected chi connectivity index (χ0v) is 23.2. The molecule has 1 aromatic heterocycles. The van der Waals surface area contributed by atoms with Gasteiger partial charge in [-0.25, -0.2) is 4.99 Å². The Kier molecular flexibility index (Phi) is 7.38. The van der Waals surface area contributed by atoms with Crippen molar-refractivity contribution in [2.75, 3.05) is 11.9 Å². The minimum absolute atomic E-state index is 0.182. The molecule has 0 spiro atoms. The number of hydrogen-bond donors (Lipinski definition) is 1. The average molecular weight is 622 g/mol. The topological polar surface area (TPSA) is 72.7 Å². The molecule has 1 amide bonds. The van der Waals surface area contributed by atoms with E-state index >= 15 is 0 Å². The van der Waals surface area contributed by atoms with Gasteiger partial charge in [-0.15, -0.1) is 0 Å². The van der Waals surface area contributed by atoms with E-state index in [-0.39, 0.29) is 11.5 Å². The quantitative estimate of drug-likeness (QED) is 0.312. The van der Waals surface area contributed by atoms with Crippen molar-refractivity contribution in [1.29, 1.82) is 0 Å². The number of thiazole rings is 1. The number of fused-ring (bicyclic) bond motifs is 1. The molecule has 0 bridgehead atoms. The van der Waals surface area contributed by atoms with E-state index in [9.17, 15) is 9.59 Å². The van der Waals surface area contributed by atoms with E-state index in [1.807, 2.05) is 98.8 Å². The smallest absolute Gasteiger partial charge is 0.271 e. The lowest BCUT2D eigenvalue weighted by Crippen LogP contribution is -2.40. The number of para-hydroxylation sites is 1. The highest BCUT2D eigenvalue weighted by Gasteiger charge is 2.32. The third-order valence-electron chi connectivity index (χ3n) is 5.97. The molecule has 0 fully saturated rings. The van der Waals surface area contributed by atoms with Gasteiger partial charge in [0.25, 0.3) is 11.5 Å². The van der Waals surface area contributed by atoms with Gasteiger partial charge in [0.2, 0.25) is 0 Å². The van der Waals surface area contributed by atoms with Gasteiger partial charge in [0.05, 0.1) is 28.5 Å². The van der Waals surface area contributed by atoms with E-state index in [1.54, 1.807) is 4.57 Å². The average Bonchev–Trinajstić information content (AvgIpc) is 3.20. The summed E-state index contributed by atoms with van der Waals surface area (Å²) in [5.74, 6) is 0.437. The van der Waals surface area contributed by atoms with Gasteiger partial charge in [-0.2, -0.15) is 0 Å². The van der Waals surface area contributed by atoms with Gasteiger partial charge in [0, 0.05) is 9.26 Å². The van der Waals surface area contributed by atoms with Gasteiger partial charge in [0.15, 0.2) is 4.80 Å². The van der Waals surface area contributed by atoms with Crippen LogP contribution in [0.5, 0.6) is 5.75 Å². The number of amides is 1. The Balaban J connectivity index is 1.65. The normalized spacial score (nSPS) is 15.2. The van der Waals surface area contributed by atoms with Crippen LogP contribution in [0.15, 0.2) is 99.9 Å². The summed E-state index contributed by atoms with van der Waals surface area (Å²) in [4.78, 5) is 32.6. The van der Waals surface area contributed by atoms with Crippen molar-refractivity contribution in [2.24, 2.45) is 4.99 Å². The van der Waals surface area contributed by atoms with Crippen LogP contribution >= 0.6 is 33.9 Å². The summed E-state index contributed by atoms with van der Waals surface area (Å²) in [5.41, 5.74) is 3.24. The van der Waals surface area contributed by atoms with E-state index in [0.717, 1.165) is 20.4 Å². The molecule has 4 aromatic rings. The second-order valence-corrected chi connectivity index (χ2v) is 10.7. The Hall–Kier alpha value is -3.50. The highest BCUT2D eigenvalue weighted by atomic mass is 127. The number of nitrogens with zero attached hydrogens (tertiary/aromatic N) is 2. The van der Waals surface area contributed by atoms with E-state index in [0.29, 0.717) is 32.9 Å². The van der Waals surface area contributed by atoms with Crippen LogP contribution in [0.2, 0.25) is 0 Å². The summed E-state index contributed by atoms with van der Waals surface area (Å²) >= 11 is 3.58. The number of ether oxygens (including phenoxy) is 1. The second kappa shape index (κ2) is 10.9. The molecule has 37 heavy (non-hydrogen) atoms. The summed E-state index contributed by atoms with van der Waals surface area (Å²) < 4.78 is 8.93. The molecule has 0 unspecified atom stereocenters. The van der Waals surface area contributed by atoms with E-state index in [1.165, 1.54) is 11.3 Å². The third kappa shape index (κ3) is 5.30. The molecule has 6 nitrogen and oxygen atoms in total. The van der Waals surface area contributed by atoms with Gasteiger partial charge in [0.1, 0.15) is 5.75 Å². The minimum atomic E-state index is -0.630. The van der Waals surface area contributed by atoms with Crippen LogP contribution in [-0.2, 0) is 4.79 Å². The van der Waals surface area contributed by atoms with Crippen molar-refractivity contribution >= 4 is 51.6 Å². The zero-order valence-electron chi connectivity index (χ0n) is 20.3. The highest BCUT2D eigenvalue weighted by molar-refractivity contribution is 14.1. The van der Waals surface area contributed by atoms with Crippen molar-refractivity contribution < 1.29 is 9.53 Å². The van der Waals surface area contributed by atoms with Crippen molar-refractivity contribution in [2.45, 2.75) is 19.9 Å². The first-order chi connectivity index (χ1) is 17.9. The number of anilines is 1. The largest absolute Gasteiger partial charge is 0.494 e. The van der Waals surface area contributed by atoms with Crippen LogP contribution in [0.1, 0.15) is 31.0 Å². The second-order valence-electron chi connectivity index (χ2n) is 8.46. The molecular weight excluding hydrogens is 597 g/mol. The molecular formula is C29H24IN3O3S. The van der Waals surface area contributed by atoms with Gasteiger partial charge in [-0.05, 0) is 90.0 Å². The maximum Gasteiger partial charge on any atom is 0.271 e. The Morgan fingerprint density at radius 3 is 2.46 bits per heavy atom. The number of carbonyl (C=O) groups is 1. The van der Waals surface area contributed by atoms with Gasteiger partial charge in [-0.1, -0.05) is 53.8 Å². The van der Waals surface area contributed by atoms with Gasteiger partial charge in [-0.3, -0.25) is 14.2 Å². The number of halogens is 1. The Labute approximate surface area is 231 Å². The van der Waals surface area contributed by atoms with Gasteiger partial charge >= 0.3 is 0 Å². The summed E-state index contributed by atoms with van der Waals surface area (Å²) in [6.45, 7) is 4.30. The maximum atomic E-state index is 13.8. The predicted molar refractivity (Wildman–Crippen MR) is 156 cm³/mol. The molecule has 1 N–H and O–H groups in total. The van der Waals surface area contributed by atoms with Crippen molar-refractivity contribution in [3.05, 3.63) is 125 Å². The molecule has 186 valence electrons. The van der Waals surface area contributed by atoms with Crippen molar-refractivity contribution in [3.63, 3.8) is 0 Å². The lowest BCUT2D eigenvalue weighted by molar-refractivity contribution is -0.113. The standard InChI is InChI=1S/C29H24IN3O3S/c1-3-36-23-15-11-20(12-16-23)26-25(27(34)32-22-7-5-4-6-8-22)18(2)31-29-33(26)28(35)24(37-29)17-19-9-13-21(30)14-10-19/h4-17,26H,3H2,1-2H3,(H,32,34)/b24-17-/t26-/m1/s1. The number of rotatable bonds is 6. The molecule has 0 saturated carbocycles. The molecule has 2 heterocycles. The van der Waals surface area contributed by atoms with Crippen LogP contribution in [0.25, 0.3) is 6.08 Å². The van der Waals surface area contributed by atoms with Crippen LogP contribution < -0.4 is 24.9 Å². The van der Waals surface area contributed by atoms with E-state index < -0.39 is 6.04 Å². The molecule has 1 atom stereocenters. The van der Waals surface area contributed by atoms with Crippen LogP contribution in [0.4, 0.5) is 5.69 Å². The number of nitrogens with one attached hydrogen (secondary N) is 1. The highest BCUT2D eigenvalue weighted by Crippen LogP contribution is 2.31. The lowest BCUT2D eigenvalue weighted by Gasteiger charge is -2.25. The summed E-state index contributed by atoms with van der Waals surface area (Å²) in [6.07, 6.45) is 1.87. The molecule has 0 saturated heterocycles. The molecule has 5 rings (SSSR count). The SMILES string of the molecule is CCOc1ccc([C@@H]2C(C(=O)Nc3ccccc3)=C(C)N=c3s/c(=C\c4ccc(I)cc4)c(=O)n32)cc1. The molecule has 0 radical (unpaired) electrons. The zero-order chi connectivity index (χ0) is 25.9. The summed E-state index contributed by atoms with van der Waals surface area (Å²) in [7, 11) is 0. The summed E-state index contributed by atoms with van der Waals surface area (Å²) in [5, 5.41) is 2.97. The fraction of sp³-hybridized carbons (Fsp3) is 0.138. The number of allylic oxidation sites excluding steroid dienone is 1. The van der Waals surface area contributed by atoms with Crippen molar-refractivity contribution in [3.8, 4) is 5.75 Å². The molecule has 0 aliphatic carbocycles. The third-order valence-corrected chi connectivity index (χ3v) is 7.67. The van der Waals surface area contributed by atoms with Crippen LogP contribution in [0.3, 0.4) is 0 Å². The van der Waals surface area contributed by atoms with E-state index in [4.69, 9.17) is 9.73 Å². The Morgan fingerprint density at radius 1 is 1.08 bits per heavy atom. The predicted octanol–water partition coefficient (Wildman–Crippen LogP) is 4.88. The number of hydrogen-bond acceptors (Lipinski definition) is 5. The van der Waals surface area contributed by atoms with Gasteiger partial charge < -0.3 is 10.1 Å². The number of benzene rings is 3. The molecule has 3 aromatic carbocycles. The number of aromatic nitrogens is 1. The molecule has 1 aliphatic rings. The van der Waals surface area contributed by atoms with Crippen LogP contribution in [0, 0.1) is 3.57 Å². The first kappa shape index (κ1) is 25.2. The number of carbonyl (C=O) groups excluding carboxylic acids is 1. The molecule has 1 aliphatic heterocycles. The minimum Gasteiger partial charge on any atom is -0.494 e. The summed E-state index contributed by atoms with van der Waals surface area (Å²) in [6, 6.07) is 24.1. The monoisotopic (exact) mass is 621 g/mol. The Morgan fingerprint density at radius 2 is 1.78 bits per heavy atom. The fourth-order valence-corrected chi connectivity index (χ4v) is 5.68. The van der Waals surface area contributed by atoms with Crippen LogP contribution in [-0.4, -0.2) is 17.1 Å².